The Morgan fingerprint density at radius 1 is 0.783 bits per heavy atom. The van der Waals surface area contributed by atoms with Crippen molar-refractivity contribution in [3.63, 3.8) is 0 Å². The molecule has 0 atom stereocenters. The third-order valence-corrected chi connectivity index (χ3v) is 4.11. The third-order valence-electron chi connectivity index (χ3n) is 4.11. The monoisotopic (exact) mass is 308 g/mol. The summed E-state index contributed by atoms with van der Waals surface area (Å²) in [4.78, 5) is 4.67. The van der Waals surface area contributed by atoms with Crippen LogP contribution in [-0.4, -0.2) is 12.8 Å². The number of anilines is 1. The van der Waals surface area contributed by atoms with Crippen LogP contribution in [-0.2, 0) is 0 Å². The van der Waals surface area contributed by atoms with Gasteiger partial charge in [-0.3, -0.25) is 4.99 Å². The quantitative estimate of drug-likeness (QED) is 0.552. The molecule has 0 unspecified atom stereocenters. The van der Waals surface area contributed by atoms with Crippen LogP contribution in [0.1, 0.15) is 39.8 Å². The number of benzene rings is 2. The molecule has 2 rings (SSSR count). The second-order valence-electron chi connectivity index (χ2n) is 6.55. The standard InChI is InChI=1S/C21H28N2/c1-14-10-16(3)20(17(4)11-14)22-8-7-9-23-21-18(5)12-15(2)13-19(21)6/h8,10-13,23H,7,9H2,1-6H3. The van der Waals surface area contributed by atoms with Gasteiger partial charge in [0.1, 0.15) is 0 Å². The van der Waals surface area contributed by atoms with Crippen molar-refractivity contribution in [3.05, 3.63) is 57.6 Å². The minimum absolute atomic E-state index is 0.901. The van der Waals surface area contributed by atoms with Crippen molar-refractivity contribution in [1.82, 2.24) is 0 Å². The van der Waals surface area contributed by atoms with Crippen molar-refractivity contribution < 1.29 is 0 Å². The molecule has 0 spiro atoms. The van der Waals surface area contributed by atoms with Crippen LogP contribution in [0, 0.1) is 41.5 Å². The van der Waals surface area contributed by atoms with E-state index < -0.39 is 0 Å². The van der Waals surface area contributed by atoms with E-state index >= 15 is 0 Å². The Balaban J connectivity index is 1.96. The largest absolute Gasteiger partial charge is 0.384 e. The molecular weight excluding hydrogens is 280 g/mol. The Bertz CT molecular complexity index is 681. The summed E-state index contributed by atoms with van der Waals surface area (Å²) in [5, 5.41) is 3.54. The number of nitrogens with zero attached hydrogens (tertiary/aromatic N) is 1. The first-order valence-electron chi connectivity index (χ1n) is 8.30. The van der Waals surface area contributed by atoms with Gasteiger partial charge < -0.3 is 5.32 Å². The molecule has 2 aromatic rings. The lowest BCUT2D eigenvalue weighted by Crippen LogP contribution is -2.05. The highest BCUT2D eigenvalue weighted by molar-refractivity contribution is 5.68. The van der Waals surface area contributed by atoms with Crippen molar-refractivity contribution in [2.75, 3.05) is 11.9 Å². The topological polar surface area (TPSA) is 24.4 Å². The van der Waals surface area contributed by atoms with E-state index in [-0.39, 0.29) is 0 Å². The summed E-state index contributed by atoms with van der Waals surface area (Å²) in [6.07, 6.45) is 2.94. The normalized spacial score (nSPS) is 11.2. The number of hydrogen-bond donors (Lipinski definition) is 1. The second-order valence-corrected chi connectivity index (χ2v) is 6.55. The van der Waals surface area contributed by atoms with Gasteiger partial charge in [-0.1, -0.05) is 35.4 Å². The maximum absolute atomic E-state index is 4.67. The Morgan fingerprint density at radius 2 is 1.26 bits per heavy atom. The summed E-state index contributed by atoms with van der Waals surface area (Å²) >= 11 is 0. The fourth-order valence-electron chi connectivity index (χ4n) is 3.25. The summed E-state index contributed by atoms with van der Waals surface area (Å²) < 4.78 is 0. The summed E-state index contributed by atoms with van der Waals surface area (Å²) in [5.41, 5.74) is 10.1. The van der Waals surface area contributed by atoms with Crippen molar-refractivity contribution in [2.24, 2.45) is 4.99 Å². The molecule has 2 aromatic carbocycles. The van der Waals surface area contributed by atoms with Gasteiger partial charge >= 0.3 is 0 Å². The summed E-state index contributed by atoms with van der Waals surface area (Å²) in [6.45, 7) is 13.8. The van der Waals surface area contributed by atoms with Gasteiger partial charge in [0.05, 0.1) is 5.69 Å². The molecule has 0 aliphatic heterocycles. The van der Waals surface area contributed by atoms with Crippen LogP contribution >= 0.6 is 0 Å². The zero-order chi connectivity index (χ0) is 17.0. The molecule has 0 radical (unpaired) electrons. The third kappa shape index (κ3) is 4.44. The maximum atomic E-state index is 4.67. The van der Waals surface area contributed by atoms with E-state index in [4.69, 9.17) is 0 Å². The first-order valence-corrected chi connectivity index (χ1v) is 8.30. The molecule has 0 aliphatic carbocycles. The van der Waals surface area contributed by atoms with Crippen molar-refractivity contribution >= 4 is 17.6 Å². The van der Waals surface area contributed by atoms with Gasteiger partial charge in [-0.15, -0.1) is 0 Å². The van der Waals surface area contributed by atoms with Gasteiger partial charge in [0, 0.05) is 24.9 Å². The van der Waals surface area contributed by atoms with E-state index in [0.29, 0.717) is 0 Å². The molecule has 0 heterocycles. The van der Waals surface area contributed by atoms with Crippen LogP contribution in [0.2, 0.25) is 0 Å². The van der Waals surface area contributed by atoms with Crippen LogP contribution < -0.4 is 5.32 Å². The molecule has 0 aromatic heterocycles. The minimum Gasteiger partial charge on any atom is -0.384 e. The molecule has 23 heavy (non-hydrogen) atoms. The second kappa shape index (κ2) is 7.45. The average Bonchev–Trinajstić information content (AvgIpc) is 2.42. The van der Waals surface area contributed by atoms with Crippen LogP contribution in [0.3, 0.4) is 0 Å². The van der Waals surface area contributed by atoms with Gasteiger partial charge in [-0.25, -0.2) is 0 Å². The maximum Gasteiger partial charge on any atom is 0.0684 e. The fourth-order valence-corrected chi connectivity index (χ4v) is 3.25. The Morgan fingerprint density at radius 3 is 1.78 bits per heavy atom. The number of aryl methyl sites for hydroxylation is 6. The average molecular weight is 308 g/mol. The molecular formula is C21H28N2. The first-order chi connectivity index (χ1) is 10.9. The van der Waals surface area contributed by atoms with Crippen molar-refractivity contribution in [2.45, 2.75) is 48.0 Å². The van der Waals surface area contributed by atoms with Crippen molar-refractivity contribution in [1.29, 1.82) is 0 Å². The fraction of sp³-hybridized carbons (Fsp3) is 0.381. The molecule has 0 aliphatic rings. The highest BCUT2D eigenvalue weighted by Gasteiger charge is 2.03. The molecule has 122 valence electrons. The zero-order valence-electron chi connectivity index (χ0n) is 15.2. The molecule has 0 saturated carbocycles. The number of aliphatic imine (C=N–C) groups is 1. The van der Waals surface area contributed by atoms with Crippen LogP contribution in [0.4, 0.5) is 11.4 Å². The summed E-state index contributed by atoms with van der Waals surface area (Å²) in [6, 6.07) is 8.83. The molecule has 0 amide bonds. The van der Waals surface area contributed by atoms with Gasteiger partial charge in [-0.05, 0) is 63.8 Å². The van der Waals surface area contributed by atoms with Gasteiger partial charge in [0.25, 0.3) is 0 Å². The van der Waals surface area contributed by atoms with E-state index in [0.717, 1.165) is 18.7 Å². The van der Waals surface area contributed by atoms with Crippen LogP contribution in [0.5, 0.6) is 0 Å². The van der Waals surface area contributed by atoms with E-state index in [1.165, 1.54) is 39.1 Å². The molecule has 0 fully saturated rings. The highest BCUT2D eigenvalue weighted by Crippen LogP contribution is 2.25. The lowest BCUT2D eigenvalue weighted by atomic mass is 10.1. The minimum atomic E-state index is 0.901. The predicted octanol–water partition coefficient (Wildman–Crippen LogP) is 5.74. The molecule has 2 heteroatoms. The molecule has 2 nitrogen and oxygen atoms in total. The smallest absolute Gasteiger partial charge is 0.0684 e. The Labute approximate surface area is 140 Å². The molecule has 0 bridgehead atoms. The number of rotatable bonds is 5. The highest BCUT2D eigenvalue weighted by atomic mass is 14.9. The van der Waals surface area contributed by atoms with Gasteiger partial charge in [-0.2, -0.15) is 0 Å². The summed E-state index contributed by atoms with van der Waals surface area (Å²) in [5.74, 6) is 0. The zero-order valence-corrected chi connectivity index (χ0v) is 15.2. The predicted molar refractivity (Wildman–Crippen MR) is 103 cm³/mol. The molecule has 1 N–H and O–H groups in total. The van der Waals surface area contributed by atoms with E-state index in [1.807, 2.05) is 6.21 Å². The number of hydrogen-bond acceptors (Lipinski definition) is 2. The van der Waals surface area contributed by atoms with Crippen LogP contribution in [0.15, 0.2) is 29.3 Å². The Kier molecular flexibility index (Phi) is 5.59. The van der Waals surface area contributed by atoms with E-state index in [2.05, 4.69) is 76.1 Å². The lowest BCUT2D eigenvalue weighted by Gasteiger charge is -2.13. The SMILES string of the molecule is Cc1cc(C)c(N=CCCNc2c(C)cc(C)cc2C)c(C)c1. The molecule has 0 saturated heterocycles. The van der Waals surface area contributed by atoms with Gasteiger partial charge in [0.2, 0.25) is 0 Å². The first kappa shape index (κ1) is 17.3. The Hall–Kier alpha value is -2.09. The lowest BCUT2D eigenvalue weighted by molar-refractivity contribution is 1.10. The number of nitrogens with one attached hydrogen (secondary N) is 1. The van der Waals surface area contributed by atoms with Gasteiger partial charge in [0.15, 0.2) is 0 Å². The van der Waals surface area contributed by atoms with E-state index in [1.54, 1.807) is 0 Å². The van der Waals surface area contributed by atoms with E-state index in [9.17, 15) is 0 Å². The summed E-state index contributed by atoms with van der Waals surface area (Å²) in [7, 11) is 0. The van der Waals surface area contributed by atoms with Crippen LogP contribution in [0.25, 0.3) is 0 Å². The van der Waals surface area contributed by atoms with Crippen molar-refractivity contribution in [3.8, 4) is 0 Å².